The molecule has 0 spiro atoms. The van der Waals surface area contributed by atoms with Crippen molar-refractivity contribution < 1.29 is 4.39 Å². The Kier molecular flexibility index (Phi) is 3.74. The molecule has 0 radical (unpaired) electrons. The predicted octanol–water partition coefficient (Wildman–Crippen LogP) is 5.16. The van der Waals surface area contributed by atoms with E-state index in [0.29, 0.717) is 11.7 Å². The summed E-state index contributed by atoms with van der Waals surface area (Å²) >= 11 is 3.10. The molecule has 5 rings (SSSR count). The van der Waals surface area contributed by atoms with E-state index in [0.717, 1.165) is 32.7 Å². The lowest BCUT2D eigenvalue weighted by Gasteiger charge is -2.09. The predicted molar refractivity (Wildman–Crippen MR) is 108 cm³/mol. The van der Waals surface area contributed by atoms with Crippen molar-refractivity contribution in [3.8, 4) is 0 Å². The van der Waals surface area contributed by atoms with E-state index in [2.05, 4.69) is 39.7 Å². The third-order valence-corrected chi connectivity index (χ3v) is 6.51. The molecule has 130 valence electrons. The SMILES string of the molecule is CC1NCC=C1c1cc2c(Nc3cc4ncsc4cc3F)ccnc2s1. The number of thiophene rings is 1. The van der Waals surface area contributed by atoms with Gasteiger partial charge in [0.2, 0.25) is 0 Å². The first-order chi connectivity index (χ1) is 12.7. The van der Waals surface area contributed by atoms with Gasteiger partial charge in [-0.15, -0.1) is 22.7 Å². The van der Waals surface area contributed by atoms with Crippen molar-refractivity contribution in [3.63, 3.8) is 0 Å². The molecule has 1 unspecified atom stereocenters. The number of thiazole rings is 1. The van der Waals surface area contributed by atoms with Crippen LogP contribution >= 0.6 is 22.7 Å². The second-order valence-corrected chi connectivity index (χ2v) is 8.17. The van der Waals surface area contributed by atoms with Gasteiger partial charge in [0.1, 0.15) is 10.6 Å². The summed E-state index contributed by atoms with van der Waals surface area (Å²) in [4.78, 5) is 10.9. The van der Waals surface area contributed by atoms with Gasteiger partial charge in [0.25, 0.3) is 0 Å². The number of rotatable bonds is 3. The zero-order valence-electron chi connectivity index (χ0n) is 13.9. The van der Waals surface area contributed by atoms with E-state index >= 15 is 0 Å². The normalized spacial score (nSPS) is 17.2. The van der Waals surface area contributed by atoms with Gasteiger partial charge in [0.05, 0.1) is 27.1 Å². The Morgan fingerprint density at radius 3 is 3.00 bits per heavy atom. The van der Waals surface area contributed by atoms with Crippen LogP contribution in [0.3, 0.4) is 0 Å². The van der Waals surface area contributed by atoms with Gasteiger partial charge >= 0.3 is 0 Å². The number of anilines is 2. The molecular formula is C19H15FN4S2. The minimum Gasteiger partial charge on any atom is -0.352 e. The maximum Gasteiger partial charge on any atom is 0.148 e. The first-order valence-corrected chi connectivity index (χ1v) is 10.0. The van der Waals surface area contributed by atoms with Crippen LogP contribution in [-0.4, -0.2) is 22.6 Å². The maximum atomic E-state index is 14.5. The first kappa shape index (κ1) is 15.9. The first-order valence-electron chi connectivity index (χ1n) is 8.31. The molecule has 7 heteroatoms. The van der Waals surface area contributed by atoms with Crippen LogP contribution in [0.25, 0.3) is 26.0 Å². The van der Waals surface area contributed by atoms with Gasteiger partial charge in [-0.3, -0.25) is 0 Å². The highest BCUT2D eigenvalue weighted by molar-refractivity contribution is 7.19. The lowest BCUT2D eigenvalue weighted by Crippen LogP contribution is -2.19. The molecule has 1 aliphatic heterocycles. The Bertz CT molecular complexity index is 1160. The van der Waals surface area contributed by atoms with E-state index in [1.807, 2.05) is 6.07 Å². The molecule has 1 atom stereocenters. The highest BCUT2D eigenvalue weighted by Gasteiger charge is 2.19. The zero-order chi connectivity index (χ0) is 17.7. The average Bonchev–Trinajstić information content (AvgIpc) is 3.34. The summed E-state index contributed by atoms with van der Waals surface area (Å²) in [6.07, 6.45) is 3.98. The van der Waals surface area contributed by atoms with E-state index in [1.165, 1.54) is 27.9 Å². The topological polar surface area (TPSA) is 49.8 Å². The summed E-state index contributed by atoms with van der Waals surface area (Å²) in [5.41, 5.74) is 5.11. The second kappa shape index (κ2) is 6.12. The Balaban J connectivity index is 1.58. The fourth-order valence-electron chi connectivity index (χ4n) is 3.26. The average molecular weight is 382 g/mol. The van der Waals surface area contributed by atoms with Crippen LogP contribution in [0.2, 0.25) is 0 Å². The molecule has 4 nitrogen and oxygen atoms in total. The standard InChI is InChI=1S/C19H15FN4S2/c1-10-11(2-4-21-10)17-6-12-14(3-5-22-19(12)26-17)24-15-8-16-18(7-13(15)20)25-9-23-16/h2-3,5-10,21H,4H2,1H3,(H,22,24). The van der Waals surface area contributed by atoms with Crippen LogP contribution in [0.4, 0.5) is 15.8 Å². The number of nitrogens with zero attached hydrogens (tertiary/aromatic N) is 2. The van der Waals surface area contributed by atoms with Crippen molar-refractivity contribution in [2.75, 3.05) is 11.9 Å². The molecule has 1 aliphatic rings. The van der Waals surface area contributed by atoms with Crippen LogP contribution in [-0.2, 0) is 0 Å². The Labute approximate surface area is 157 Å². The number of nitrogens with one attached hydrogen (secondary N) is 2. The molecule has 0 aliphatic carbocycles. The van der Waals surface area contributed by atoms with Crippen molar-refractivity contribution >= 4 is 60.1 Å². The van der Waals surface area contributed by atoms with Gasteiger partial charge in [0.15, 0.2) is 0 Å². The highest BCUT2D eigenvalue weighted by Crippen LogP contribution is 2.37. The molecule has 0 fully saturated rings. The minimum atomic E-state index is -0.279. The number of hydrogen-bond acceptors (Lipinski definition) is 6. The summed E-state index contributed by atoms with van der Waals surface area (Å²) < 4.78 is 15.3. The fraction of sp³-hybridized carbons (Fsp3) is 0.158. The van der Waals surface area contributed by atoms with E-state index in [9.17, 15) is 4.39 Å². The van der Waals surface area contributed by atoms with E-state index < -0.39 is 0 Å². The number of benzene rings is 1. The maximum absolute atomic E-state index is 14.5. The van der Waals surface area contributed by atoms with Crippen molar-refractivity contribution in [3.05, 3.63) is 52.7 Å². The van der Waals surface area contributed by atoms with E-state index in [4.69, 9.17) is 0 Å². The van der Waals surface area contributed by atoms with Gasteiger partial charge in [-0.2, -0.15) is 0 Å². The molecule has 0 saturated heterocycles. The molecule has 4 aromatic rings. The Morgan fingerprint density at radius 1 is 1.23 bits per heavy atom. The largest absolute Gasteiger partial charge is 0.352 e. The molecule has 3 aromatic heterocycles. The quantitative estimate of drug-likeness (QED) is 0.514. The Morgan fingerprint density at radius 2 is 2.15 bits per heavy atom. The highest BCUT2D eigenvalue weighted by atomic mass is 32.1. The molecule has 0 amide bonds. The van der Waals surface area contributed by atoms with Crippen molar-refractivity contribution in [2.45, 2.75) is 13.0 Å². The Hall–Kier alpha value is -2.35. The third kappa shape index (κ3) is 2.59. The van der Waals surface area contributed by atoms with Crippen LogP contribution in [0, 0.1) is 5.82 Å². The second-order valence-electron chi connectivity index (χ2n) is 6.25. The summed E-state index contributed by atoms with van der Waals surface area (Å²) in [5, 5.41) is 7.65. The van der Waals surface area contributed by atoms with Crippen molar-refractivity contribution in [1.29, 1.82) is 0 Å². The van der Waals surface area contributed by atoms with Crippen molar-refractivity contribution in [1.82, 2.24) is 15.3 Å². The van der Waals surface area contributed by atoms with E-state index in [1.54, 1.807) is 29.1 Å². The van der Waals surface area contributed by atoms with Gasteiger partial charge in [-0.05, 0) is 36.8 Å². The number of hydrogen-bond donors (Lipinski definition) is 2. The number of halogens is 1. The smallest absolute Gasteiger partial charge is 0.148 e. The van der Waals surface area contributed by atoms with Crippen molar-refractivity contribution in [2.24, 2.45) is 0 Å². The lowest BCUT2D eigenvalue weighted by molar-refractivity contribution is 0.634. The molecule has 1 aromatic carbocycles. The van der Waals surface area contributed by atoms with Crippen LogP contribution in [0.15, 0.2) is 42.0 Å². The van der Waals surface area contributed by atoms with Crippen LogP contribution in [0.5, 0.6) is 0 Å². The number of pyridine rings is 1. The summed E-state index contributed by atoms with van der Waals surface area (Å²) in [7, 11) is 0. The van der Waals surface area contributed by atoms with Crippen LogP contribution in [0.1, 0.15) is 11.8 Å². The van der Waals surface area contributed by atoms with Gasteiger partial charge in [0, 0.05) is 29.0 Å². The molecule has 0 bridgehead atoms. The number of aromatic nitrogens is 2. The van der Waals surface area contributed by atoms with E-state index in [-0.39, 0.29) is 5.82 Å². The molecular weight excluding hydrogens is 367 g/mol. The molecule has 26 heavy (non-hydrogen) atoms. The summed E-state index contributed by atoms with van der Waals surface area (Å²) in [6, 6.07) is 7.65. The monoisotopic (exact) mass is 382 g/mol. The summed E-state index contributed by atoms with van der Waals surface area (Å²) in [5.74, 6) is -0.279. The molecule has 0 saturated carbocycles. The summed E-state index contributed by atoms with van der Waals surface area (Å²) in [6.45, 7) is 3.05. The molecule has 4 heterocycles. The zero-order valence-corrected chi connectivity index (χ0v) is 15.5. The van der Waals surface area contributed by atoms with Gasteiger partial charge < -0.3 is 10.6 Å². The third-order valence-electron chi connectivity index (χ3n) is 4.62. The van der Waals surface area contributed by atoms with Gasteiger partial charge in [-0.25, -0.2) is 14.4 Å². The molecule has 2 N–H and O–H groups in total. The number of fused-ring (bicyclic) bond motifs is 2. The van der Waals surface area contributed by atoms with Crippen LogP contribution < -0.4 is 10.6 Å². The lowest BCUT2D eigenvalue weighted by atomic mass is 10.1. The minimum absolute atomic E-state index is 0.279. The van der Waals surface area contributed by atoms with Gasteiger partial charge in [-0.1, -0.05) is 6.08 Å². The fourth-order valence-corrected chi connectivity index (χ4v) is 5.10.